The first kappa shape index (κ1) is 14.1. The van der Waals surface area contributed by atoms with Crippen molar-refractivity contribution in [1.29, 1.82) is 0 Å². The topological polar surface area (TPSA) is 38.3 Å². The smallest absolute Gasteiger partial charge is 0.307 e. The minimum absolute atomic E-state index is 0.107. The molecule has 1 fully saturated rings. The largest absolute Gasteiger partial charge is 0.466 e. The Hall–Kier alpha value is -1.35. The minimum atomic E-state index is -0.107. The summed E-state index contributed by atoms with van der Waals surface area (Å²) in [4.78, 5) is 11.2. The van der Waals surface area contributed by atoms with E-state index in [0.717, 1.165) is 6.54 Å². The Morgan fingerprint density at radius 1 is 1.32 bits per heavy atom. The van der Waals surface area contributed by atoms with Crippen LogP contribution in [0.5, 0.6) is 0 Å². The summed E-state index contributed by atoms with van der Waals surface area (Å²) in [6, 6.07) is 9.37. The molecule has 3 nitrogen and oxygen atoms in total. The fourth-order valence-corrected chi connectivity index (χ4v) is 2.51. The molecule has 1 aromatic carbocycles. The van der Waals surface area contributed by atoms with Crippen molar-refractivity contribution in [2.24, 2.45) is 0 Å². The Balaban J connectivity index is 1.64. The second-order valence-electron chi connectivity index (χ2n) is 5.29. The molecule has 1 aliphatic carbocycles. The number of aryl methyl sites for hydroxylation is 1. The van der Waals surface area contributed by atoms with Crippen molar-refractivity contribution >= 4 is 5.97 Å². The van der Waals surface area contributed by atoms with Crippen molar-refractivity contribution in [2.45, 2.75) is 45.1 Å². The summed E-state index contributed by atoms with van der Waals surface area (Å²) in [5.41, 5.74) is 2.75. The van der Waals surface area contributed by atoms with Gasteiger partial charge in [0.15, 0.2) is 0 Å². The normalized spacial score (nSPS) is 21.8. The lowest BCUT2D eigenvalue weighted by atomic mass is 9.76. The second-order valence-corrected chi connectivity index (χ2v) is 5.29. The Kier molecular flexibility index (Phi) is 4.97. The zero-order valence-electron chi connectivity index (χ0n) is 11.8. The van der Waals surface area contributed by atoms with Gasteiger partial charge in [0, 0.05) is 12.6 Å². The summed E-state index contributed by atoms with van der Waals surface area (Å²) in [7, 11) is 0. The Morgan fingerprint density at radius 3 is 2.63 bits per heavy atom. The van der Waals surface area contributed by atoms with Crippen LogP contribution in [0.3, 0.4) is 0 Å². The van der Waals surface area contributed by atoms with Gasteiger partial charge in [-0.05, 0) is 38.2 Å². The predicted octanol–water partition coefficient (Wildman–Crippen LogP) is 2.78. The quantitative estimate of drug-likeness (QED) is 0.800. The lowest BCUT2D eigenvalue weighted by Gasteiger charge is -2.36. The lowest BCUT2D eigenvalue weighted by Crippen LogP contribution is -2.41. The molecule has 1 aromatic rings. The van der Waals surface area contributed by atoms with E-state index in [-0.39, 0.29) is 5.97 Å². The first-order valence-corrected chi connectivity index (χ1v) is 7.14. The molecule has 1 aliphatic rings. The average Bonchev–Trinajstić information content (AvgIpc) is 2.34. The van der Waals surface area contributed by atoms with Crippen LogP contribution in [-0.4, -0.2) is 25.2 Å². The van der Waals surface area contributed by atoms with Gasteiger partial charge in [0.1, 0.15) is 0 Å². The van der Waals surface area contributed by atoms with E-state index in [9.17, 15) is 4.79 Å². The SMILES string of the molecule is CCOC(=O)CCNC1CC(c2ccc(C)cc2)C1. The third-order valence-corrected chi connectivity index (χ3v) is 3.75. The summed E-state index contributed by atoms with van der Waals surface area (Å²) in [6.07, 6.45) is 2.82. The third kappa shape index (κ3) is 4.06. The van der Waals surface area contributed by atoms with Gasteiger partial charge in [-0.1, -0.05) is 29.8 Å². The maximum Gasteiger partial charge on any atom is 0.307 e. The summed E-state index contributed by atoms with van der Waals surface area (Å²) in [5.74, 6) is 0.574. The molecule has 2 rings (SSSR count). The number of hydrogen-bond donors (Lipinski definition) is 1. The highest BCUT2D eigenvalue weighted by Crippen LogP contribution is 2.36. The molecule has 0 amide bonds. The zero-order chi connectivity index (χ0) is 13.7. The van der Waals surface area contributed by atoms with Crippen LogP contribution in [0.4, 0.5) is 0 Å². The van der Waals surface area contributed by atoms with Crippen molar-refractivity contribution in [3.63, 3.8) is 0 Å². The molecular weight excluding hydrogens is 238 g/mol. The standard InChI is InChI=1S/C16H23NO2/c1-3-19-16(18)8-9-17-15-10-14(11-15)13-6-4-12(2)5-7-13/h4-7,14-15,17H,3,8-11H2,1-2H3. The lowest BCUT2D eigenvalue weighted by molar-refractivity contribution is -0.143. The molecular formula is C16H23NO2. The fraction of sp³-hybridized carbons (Fsp3) is 0.562. The maximum atomic E-state index is 11.2. The zero-order valence-corrected chi connectivity index (χ0v) is 11.8. The number of esters is 1. The average molecular weight is 261 g/mol. The number of hydrogen-bond acceptors (Lipinski definition) is 3. The summed E-state index contributed by atoms with van der Waals surface area (Å²) in [5, 5.41) is 3.42. The number of nitrogens with one attached hydrogen (secondary N) is 1. The van der Waals surface area contributed by atoms with Crippen LogP contribution in [-0.2, 0) is 9.53 Å². The molecule has 0 saturated heterocycles. The third-order valence-electron chi connectivity index (χ3n) is 3.75. The van der Waals surface area contributed by atoms with Gasteiger partial charge in [0.05, 0.1) is 13.0 Å². The molecule has 0 spiro atoms. The van der Waals surface area contributed by atoms with Crippen LogP contribution in [0.1, 0.15) is 43.2 Å². The van der Waals surface area contributed by atoms with Gasteiger partial charge >= 0.3 is 5.97 Å². The van der Waals surface area contributed by atoms with Crippen LogP contribution in [0.2, 0.25) is 0 Å². The fourth-order valence-electron chi connectivity index (χ4n) is 2.51. The molecule has 104 valence electrons. The van der Waals surface area contributed by atoms with Crippen molar-refractivity contribution < 1.29 is 9.53 Å². The first-order valence-electron chi connectivity index (χ1n) is 7.14. The van der Waals surface area contributed by atoms with Crippen LogP contribution in [0, 0.1) is 6.92 Å². The van der Waals surface area contributed by atoms with Gasteiger partial charge in [0.25, 0.3) is 0 Å². The van der Waals surface area contributed by atoms with E-state index in [1.165, 1.54) is 24.0 Å². The molecule has 0 aliphatic heterocycles. The van der Waals surface area contributed by atoms with Crippen LogP contribution in [0.25, 0.3) is 0 Å². The van der Waals surface area contributed by atoms with Crippen molar-refractivity contribution in [1.82, 2.24) is 5.32 Å². The second kappa shape index (κ2) is 6.71. The molecule has 1 saturated carbocycles. The Labute approximate surface area is 115 Å². The van der Waals surface area contributed by atoms with E-state index in [4.69, 9.17) is 4.74 Å². The number of ether oxygens (including phenoxy) is 1. The van der Waals surface area contributed by atoms with E-state index < -0.39 is 0 Å². The van der Waals surface area contributed by atoms with E-state index in [1.54, 1.807) is 0 Å². The highest BCUT2D eigenvalue weighted by molar-refractivity contribution is 5.69. The first-order chi connectivity index (χ1) is 9.19. The number of carbonyl (C=O) groups is 1. The van der Waals surface area contributed by atoms with E-state index >= 15 is 0 Å². The summed E-state index contributed by atoms with van der Waals surface area (Å²) in [6.45, 7) is 5.15. The van der Waals surface area contributed by atoms with Gasteiger partial charge in [0.2, 0.25) is 0 Å². The van der Waals surface area contributed by atoms with Gasteiger partial charge in [-0.3, -0.25) is 4.79 Å². The van der Waals surface area contributed by atoms with Crippen LogP contribution >= 0.6 is 0 Å². The number of carbonyl (C=O) groups excluding carboxylic acids is 1. The highest BCUT2D eigenvalue weighted by atomic mass is 16.5. The summed E-state index contributed by atoms with van der Waals surface area (Å²) < 4.78 is 4.90. The van der Waals surface area contributed by atoms with E-state index in [2.05, 4.69) is 36.5 Å². The molecule has 0 bridgehead atoms. The minimum Gasteiger partial charge on any atom is -0.466 e. The van der Waals surface area contributed by atoms with Crippen molar-refractivity contribution in [2.75, 3.05) is 13.2 Å². The maximum absolute atomic E-state index is 11.2. The van der Waals surface area contributed by atoms with E-state index in [1.807, 2.05) is 6.92 Å². The van der Waals surface area contributed by atoms with Crippen molar-refractivity contribution in [3.05, 3.63) is 35.4 Å². The van der Waals surface area contributed by atoms with Gasteiger partial charge in [-0.15, -0.1) is 0 Å². The van der Waals surface area contributed by atoms with Gasteiger partial charge < -0.3 is 10.1 Å². The summed E-state index contributed by atoms with van der Waals surface area (Å²) >= 11 is 0. The number of rotatable bonds is 6. The molecule has 0 aromatic heterocycles. The molecule has 0 unspecified atom stereocenters. The molecule has 3 heteroatoms. The highest BCUT2D eigenvalue weighted by Gasteiger charge is 2.29. The molecule has 0 radical (unpaired) electrons. The molecule has 1 N–H and O–H groups in total. The van der Waals surface area contributed by atoms with Crippen molar-refractivity contribution in [3.8, 4) is 0 Å². The number of benzene rings is 1. The predicted molar refractivity (Wildman–Crippen MR) is 76.2 cm³/mol. The van der Waals surface area contributed by atoms with Gasteiger partial charge in [-0.25, -0.2) is 0 Å². The Bertz CT molecular complexity index is 407. The monoisotopic (exact) mass is 261 g/mol. The van der Waals surface area contributed by atoms with Gasteiger partial charge in [-0.2, -0.15) is 0 Å². The van der Waals surface area contributed by atoms with Crippen LogP contribution in [0.15, 0.2) is 24.3 Å². The molecule has 0 atom stereocenters. The van der Waals surface area contributed by atoms with E-state index in [0.29, 0.717) is 25.0 Å². The molecule has 19 heavy (non-hydrogen) atoms. The molecule has 0 heterocycles. The van der Waals surface area contributed by atoms with Crippen LogP contribution < -0.4 is 5.32 Å². The Morgan fingerprint density at radius 2 is 2.00 bits per heavy atom.